The highest BCUT2D eigenvalue weighted by Crippen LogP contribution is 2.29. The topological polar surface area (TPSA) is 131 Å². The summed E-state index contributed by atoms with van der Waals surface area (Å²) in [4.78, 5) is 25.3. The summed E-state index contributed by atoms with van der Waals surface area (Å²) in [6.45, 7) is 3.45. The Morgan fingerprint density at radius 2 is 1.79 bits per heavy atom. The fourth-order valence-electron chi connectivity index (χ4n) is 2.78. The molecule has 28 heavy (non-hydrogen) atoms. The number of benzene rings is 1. The smallest absolute Gasteiger partial charge is 0.343 e. The number of hydrogen-bond acceptors (Lipinski definition) is 8. The molecule has 2 heterocycles. The monoisotopic (exact) mass is 400 g/mol. The standard InChI is InChI=1S/C18H20N6O3S/c1-4-27-18(26)12-10(2)21-24(14(12)19)17(25)13-15(20)23(22-16(13)28-3)11-8-6-5-7-9-11/h5-9H,4,19-20H2,1-3H3. The Morgan fingerprint density at radius 1 is 1.11 bits per heavy atom. The Morgan fingerprint density at radius 3 is 2.39 bits per heavy atom. The van der Waals surface area contributed by atoms with Gasteiger partial charge in [0.05, 0.1) is 18.0 Å². The van der Waals surface area contributed by atoms with Crippen molar-refractivity contribution in [1.82, 2.24) is 19.6 Å². The summed E-state index contributed by atoms with van der Waals surface area (Å²) < 4.78 is 7.44. The number of aryl methyl sites for hydroxylation is 1. The molecule has 0 amide bonds. The van der Waals surface area contributed by atoms with Crippen LogP contribution in [0.25, 0.3) is 5.69 Å². The molecule has 0 saturated heterocycles. The maximum Gasteiger partial charge on any atom is 0.343 e. The van der Waals surface area contributed by atoms with Crippen molar-refractivity contribution in [3.05, 3.63) is 47.2 Å². The molecule has 1 aromatic carbocycles. The van der Waals surface area contributed by atoms with Gasteiger partial charge in [0.1, 0.15) is 27.8 Å². The molecule has 0 bridgehead atoms. The molecule has 146 valence electrons. The summed E-state index contributed by atoms with van der Waals surface area (Å²) in [5.74, 6) is -1.14. The number of esters is 1. The van der Waals surface area contributed by atoms with Crippen LogP contribution in [0.5, 0.6) is 0 Å². The highest BCUT2D eigenvalue weighted by atomic mass is 32.2. The van der Waals surface area contributed by atoms with Gasteiger partial charge in [-0.1, -0.05) is 18.2 Å². The second-order valence-corrected chi connectivity index (χ2v) is 6.59. The Bertz CT molecular complexity index is 1040. The highest BCUT2D eigenvalue weighted by Gasteiger charge is 2.29. The number of aromatic nitrogens is 4. The first-order valence-electron chi connectivity index (χ1n) is 8.45. The van der Waals surface area contributed by atoms with Crippen LogP contribution in [0.2, 0.25) is 0 Å². The van der Waals surface area contributed by atoms with Crippen LogP contribution >= 0.6 is 11.8 Å². The van der Waals surface area contributed by atoms with Gasteiger partial charge in [0.25, 0.3) is 5.91 Å². The zero-order chi connectivity index (χ0) is 20.4. The summed E-state index contributed by atoms with van der Waals surface area (Å²) in [5, 5.41) is 8.98. The zero-order valence-electron chi connectivity index (χ0n) is 15.7. The molecule has 0 atom stereocenters. The lowest BCUT2D eigenvalue weighted by Crippen LogP contribution is -2.19. The Kier molecular flexibility index (Phi) is 5.41. The minimum atomic E-state index is -0.630. The van der Waals surface area contributed by atoms with Crippen molar-refractivity contribution in [2.24, 2.45) is 0 Å². The van der Waals surface area contributed by atoms with E-state index in [9.17, 15) is 9.59 Å². The van der Waals surface area contributed by atoms with Gasteiger partial charge >= 0.3 is 5.97 Å². The van der Waals surface area contributed by atoms with E-state index in [4.69, 9.17) is 16.2 Å². The average Bonchev–Trinajstić information content (AvgIpc) is 3.18. The fourth-order valence-corrected chi connectivity index (χ4v) is 3.34. The number of nitrogen functional groups attached to an aromatic ring is 2. The first kappa shape index (κ1) is 19.5. The molecule has 3 rings (SSSR count). The largest absolute Gasteiger partial charge is 0.462 e. The first-order valence-corrected chi connectivity index (χ1v) is 9.67. The Balaban J connectivity index is 2.10. The number of nitrogens with two attached hydrogens (primary N) is 2. The number of hydrogen-bond donors (Lipinski definition) is 2. The maximum absolute atomic E-state index is 13.2. The van der Waals surface area contributed by atoms with Gasteiger partial charge in [-0.05, 0) is 32.2 Å². The van der Waals surface area contributed by atoms with Crippen molar-refractivity contribution in [3.8, 4) is 5.69 Å². The van der Waals surface area contributed by atoms with E-state index in [0.717, 1.165) is 4.68 Å². The summed E-state index contributed by atoms with van der Waals surface area (Å²) in [6, 6.07) is 9.21. The van der Waals surface area contributed by atoms with Gasteiger partial charge in [-0.25, -0.2) is 9.48 Å². The number of thioether (sulfide) groups is 1. The van der Waals surface area contributed by atoms with E-state index < -0.39 is 11.9 Å². The van der Waals surface area contributed by atoms with Crippen LogP contribution in [-0.4, -0.2) is 44.3 Å². The van der Waals surface area contributed by atoms with E-state index in [1.54, 1.807) is 20.1 Å². The predicted octanol–water partition coefficient (Wildman–Crippen LogP) is 2.13. The molecule has 0 radical (unpaired) electrons. The third kappa shape index (κ3) is 3.22. The van der Waals surface area contributed by atoms with Gasteiger partial charge in [0.15, 0.2) is 0 Å². The molecule has 0 aliphatic heterocycles. The normalized spacial score (nSPS) is 10.8. The second kappa shape index (κ2) is 7.77. The van der Waals surface area contributed by atoms with Gasteiger partial charge in [-0.3, -0.25) is 4.79 Å². The number of anilines is 2. The van der Waals surface area contributed by atoms with Crippen molar-refractivity contribution < 1.29 is 14.3 Å². The second-order valence-electron chi connectivity index (χ2n) is 5.80. The van der Waals surface area contributed by atoms with E-state index >= 15 is 0 Å². The molecular weight excluding hydrogens is 380 g/mol. The maximum atomic E-state index is 13.2. The van der Waals surface area contributed by atoms with Crippen molar-refractivity contribution >= 4 is 35.3 Å². The van der Waals surface area contributed by atoms with E-state index in [-0.39, 0.29) is 29.4 Å². The van der Waals surface area contributed by atoms with Crippen LogP contribution in [0.3, 0.4) is 0 Å². The summed E-state index contributed by atoms with van der Waals surface area (Å²) in [5.41, 5.74) is 13.5. The minimum absolute atomic E-state index is 0.0647. The molecule has 0 saturated carbocycles. The molecule has 0 fully saturated rings. The molecule has 10 heteroatoms. The quantitative estimate of drug-likeness (QED) is 0.492. The lowest BCUT2D eigenvalue weighted by atomic mass is 10.2. The van der Waals surface area contributed by atoms with Crippen LogP contribution in [0.15, 0.2) is 35.4 Å². The van der Waals surface area contributed by atoms with Gasteiger partial charge in [0, 0.05) is 0 Å². The molecule has 0 spiro atoms. The summed E-state index contributed by atoms with van der Waals surface area (Å²) >= 11 is 1.27. The SMILES string of the molecule is CCOC(=O)c1c(C)nn(C(=O)c2c(SC)nn(-c3ccccc3)c2N)c1N. The van der Waals surface area contributed by atoms with Crippen LogP contribution < -0.4 is 11.5 Å². The van der Waals surface area contributed by atoms with Crippen molar-refractivity contribution in [2.75, 3.05) is 24.3 Å². The van der Waals surface area contributed by atoms with Gasteiger partial charge < -0.3 is 16.2 Å². The van der Waals surface area contributed by atoms with Gasteiger partial charge in [0.2, 0.25) is 0 Å². The van der Waals surface area contributed by atoms with Gasteiger partial charge in [-0.15, -0.1) is 11.8 Å². The van der Waals surface area contributed by atoms with Crippen molar-refractivity contribution in [2.45, 2.75) is 18.9 Å². The number of carbonyl (C=O) groups is 2. The summed E-state index contributed by atoms with van der Waals surface area (Å²) in [6.07, 6.45) is 1.79. The van der Waals surface area contributed by atoms with E-state index in [1.165, 1.54) is 16.4 Å². The van der Waals surface area contributed by atoms with Crippen molar-refractivity contribution in [3.63, 3.8) is 0 Å². The fraction of sp³-hybridized carbons (Fsp3) is 0.222. The highest BCUT2D eigenvalue weighted by molar-refractivity contribution is 7.98. The zero-order valence-corrected chi connectivity index (χ0v) is 16.5. The van der Waals surface area contributed by atoms with Crippen LogP contribution in [0.1, 0.15) is 33.3 Å². The predicted molar refractivity (Wildman–Crippen MR) is 107 cm³/mol. The van der Waals surface area contributed by atoms with Crippen molar-refractivity contribution in [1.29, 1.82) is 0 Å². The lowest BCUT2D eigenvalue weighted by molar-refractivity contribution is 0.0527. The number of ether oxygens (including phenoxy) is 1. The average molecular weight is 400 g/mol. The molecule has 3 aromatic rings. The van der Waals surface area contributed by atoms with Crippen LogP contribution in [0.4, 0.5) is 11.6 Å². The Hall–Kier alpha value is -3.27. The molecule has 4 N–H and O–H groups in total. The third-order valence-corrected chi connectivity index (χ3v) is 4.74. The third-order valence-electron chi connectivity index (χ3n) is 4.07. The number of rotatable bonds is 5. The van der Waals surface area contributed by atoms with E-state index in [2.05, 4.69) is 10.2 Å². The number of carbonyl (C=O) groups excluding carboxylic acids is 2. The van der Waals surface area contributed by atoms with Crippen LogP contribution in [-0.2, 0) is 4.74 Å². The number of nitrogens with zero attached hydrogens (tertiary/aromatic N) is 4. The van der Waals surface area contributed by atoms with E-state index in [1.807, 2.05) is 30.3 Å². The molecule has 0 aliphatic rings. The molecule has 9 nitrogen and oxygen atoms in total. The number of para-hydroxylation sites is 1. The van der Waals surface area contributed by atoms with E-state index in [0.29, 0.717) is 16.4 Å². The summed E-state index contributed by atoms with van der Waals surface area (Å²) in [7, 11) is 0. The molecule has 0 unspecified atom stereocenters. The lowest BCUT2D eigenvalue weighted by Gasteiger charge is -2.06. The minimum Gasteiger partial charge on any atom is -0.462 e. The molecule has 0 aliphatic carbocycles. The van der Waals surface area contributed by atoms with Gasteiger partial charge in [-0.2, -0.15) is 14.9 Å². The first-order chi connectivity index (χ1) is 13.4. The Labute approximate surface area is 165 Å². The van der Waals surface area contributed by atoms with Crippen LogP contribution in [0, 0.1) is 6.92 Å². The molecule has 2 aromatic heterocycles. The molecular formula is C18H20N6O3S.